The lowest BCUT2D eigenvalue weighted by Crippen LogP contribution is -2.49. The van der Waals surface area contributed by atoms with Gasteiger partial charge in [-0.25, -0.2) is 9.78 Å². The topological polar surface area (TPSA) is 86.0 Å². The lowest BCUT2D eigenvalue weighted by atomic mass is 9.77. The lowest BCUT2D eigenvalue weighted by molar-refractivity contribution is -0.143. The molecule has 20 heavy (non-hydrogen) atoms. The van der Waals surface area contributed by atoms with Gasteiger partial charge in [-0.1, -0.05) is 6.92 Å². The molecule has 2 N–H and O–H groups in total. The first-order chi connectivity index (χ1) is 9.47. The molecule has 0 aromatic carbocycles. The molecule has 0 unspecified atom stereocenters. The van der Waals surface area contributed by atoms with Crippen LogP contribution in [0.2, 0.25) is 0 Å². The fourth-order valence-corrected chi connectivity index (χ4v) is 2.62. The van der Waals surface area contributed by atoms with E-state index in [1.54, 1.807) is 12.1 Å². The number of pyridine rings is 1. The van der Waals surface area contributed by atoms with E-state index in [4.69, 9.17) is 5.26 Å². The van der Waals surface area contributed by atoms with Crippen LogP contribution in [0.4, 0.5) is 5.82 Å². The Morgan fingerprint density at radius 2 is 2.15 bits per heavy atom. The molecule has 1 aromatic rings. The van der Waals surface area contributed by atoms with Gasteiger partial charge in [-0.15, -0.1) is 0 Å². The molecule has 1 heterocycles. The van der Waals surface area contributed by atoms with E-state index in [0.717, 1.165) is 18.5 Å². The number of aliphatic carboxylic acids is 1. The summed E-state index contributed by atoms with van der Waals surface area (Å²) in [5, 5.41) is 21.8. The Morgan fingerprint density at radius 3 is 2.70 bits per heavy atom. The highest BCUT2D eigenvalue weighted by Gasteiger charge is 2.41. The van der Waals surface area contributed by atoms with E-state index in [-0.39, 0.29) is 0 Å². The van der Waals surface area contributed by atoms with Crippen LogP contribution in [0.1, 0.15) is 43.9 Å². The highest BCUT2D eigenvalue weighted by molar-refractivity contribution is 5.83. The predicted molar refractivity (Wildman–Crippen MR) is 75.3 cm³/mol. The van der Waals surface area contributed by atoms with Crippen LogP contribution in [0.25, 0.3) is 0 Å². The highest BCUT2D eigenvalue weighted by atomic mass is 16.4. The average Bonchev–Trinajstić information content (AvgIpc) is 2.41. The van der Waals surface area contributed by atoms with Gasteiger partial charge in [0, 0.05) is 5.69 Å². The molecule has 1 aliphatic rings. The van der Waals surface area contributed by atoms with Crippen molar-refractivity contribution in [3.63, 3.8) is 0 Å². The van der Waals surface area contributed by atoms with Gasteiger partial charge in [-0.3, -0.25) is 0 Å². The molecule has 106 valence electrons. The summed E-state index contributed by atoms with van der Waals surface area (Å²) >= 11 is 0. The second kappa shape index (κ2) is 5.49. The Hall–Kier alpha value is -2.09. The maximum atomic E-state index is 11.7. The lowest BCUT2D eigenvalue weighted by Gasteiger charge is -2.37. The molecular formula is C15H19N3O2. The number of nitriles is 1. The van der Waals surface area contributed by atoms with Crippen LogP contribution in [-0.4, -0.2) is 21.6 Å². The normalized spacial score (nSPS) is 25.8. The highest BCUT2D eigenvalue weighted by Crippen LogP contribution is 2.35. The molecule has 0 aliphatic heterocycles. The number of rotatable bonds is 3. The van der Waals surface area contributed by atoms with Gasteiger partial charge in [-0.2, -0.15) is 5.26 Å². The second-order valence-corrected chi connectivity index (χ2v) is 5.66. The first-order valence-electron chi connectivity index (χ1n) is 6.86. The Balaban J connectivity index is 2.32. The number of nitrogens with zero attached hydrogens (tertiary/aromatic N) is 2. The van der Waals surface area contributed by atoms with E-state index in [2.05, 4.69) is 23.3 Å². The predicted octanol–water partition coefficient (Wildman–Crippen LogP) is 2.71. The van der Waals surface area contributed by atoms with Crippen molar-refractivity contribution in [2.24, 2.45) is 5.92 Å². The van der Waals surface area contributed by atoms with E-state index in [1.807, 2.05) is 6.92 Å². The molecule has 1 aromatic heterocycles. The largest absolute Gasteiger partial charge is 0.480 e. The van der Waals surface area contributed by atoms with Crippen molar-refractivity contribution >= 4 is 11.8 Å². The van der Waals surface area contributed by atoms with Crippen LogP contribution in [-0.2, 0) is 4.79 Å². The SMILES string of the molecule is Cc1ccc(C#N)c(NC2(C(=O)O)CCC(C)CC2)n1. The van der Waals surface area contributed by atoms with E-state index >= 15 is 0 Å². The quantitative estimate of drug-likeness (QED) is 0.884. The molecule has 2 rings (SSSR count). The zero-order valence-electron chi connectivity index (χ0n) is 11.8. The Kier molecular flexibility index (Phi) is 3.93. The Labute approximate surface area is 118 Å². The number of nitrogens with one attached hydrogen (secondary N) is 1. The summed E-state index contributed by atoms with van der Waals surface area (Å²) in [6.07, 6.45) is 2.86. The molecule has 0 atom stereocenters. The maximum absolute atomic E-state index is 11.7. The summed E-state index contributed by atoms with van der Waals surface area (Å²) in [6, 6.07) is 5.48. The van der Waals surface area contributed by atoms with Gasteiger partial charge < -0.3 is 10.4 Å². The number of hydrogen-bond acceptors (Lipinski definition) is 4. The van der Waals surface area contributed by atoms with Crippen LogP contribution >= 0.6 is 0 Å². The number of aryl methyl sites for hydroxylation is 1. The number of carboxylic acids is 1. The standard InChI is InChI=1S/C15H19N3O2/c1-10-5-7-15(8-6-10,14(19)20)18-13-12(9-16)4-3-11(2)17-13/h3-4,10H,5-8H2,1-2H3,(H,17,18)(H,19,20). The minimum Gasteiger partial charge on any atom is -0.480 e. The van der Waals surface area contributed by atoms with E-state index < -0.39 is 11.5 Å². The number of carboxylic acid groups (broad SMARTS) is 1. The van der Waals surface area contributed by atoms with Crippen LogP contribution in [0.15, 0.2) is 12.1 Å². The molecule has 0 saturated heterocycles. The first-order valence-corrected chi connectivity index (χ1v) is 6.86. The van der Waals surface area contributed by atoms with E-state index in [0.29, 0.717) is 30.1 Å². The number of hydrogen-bond donors (Lipinski definition) is 2. The molecule has 1 aliphatic carbocycles. The minimum atomic E-state index is -1.00. The molecule has 1 fully saturated rings. The molecule has 5 nitrogen and oxygen atoms in total. The Morgan fingerprint density at radius 1 is 1.50 bits per heavy atom. The fraction of sp³-hybridized carbons (Fsp3) is 0.533. The fourth-order valence-electron chi connectivity index (χ4n) is 2.62. The van der Waals surface area contributed by atoms with E-state index in [1.165, 1.54) is 0 Å². The monoisotopic (exact) mass is 273 g/mol. The molecule has 0 amide bonds. The molecule has 1 saturated carbocycles. The van der Waals surface area contributed by atoms with Gasteiger partial charge in [0.25, 0.3) is 0 Å². The molecule has 0 bridgehead atoms. The maximum Gasteiger partial charge on any atom is 0.329 e. The third-order valence-corrected chi connectivity index (χ3v) is 4.05. The minimum absolute atomic E-state index is 0.379. The zero-order chi connectivity index (χ0) is 14.8. The van der Waals surface area contributed by atoms with Gasteiger partial charge in [0.1, 0.15) is 17.4 Å². The van der Waals surface area contributed by atoms with Crippen LogP contribution in [0.5, 0.6) is 0 Å². The van der Waals surface area contributed by atoms with Crippen LogP contribution < -0.4 is 5.32 Å². The molecule has 0 spiro atoms. The first kappa shape index (κ1) is 14.3. The van der Waals surface area contributed by atoms with E-state index in [9.17, 15) is 9.90 Å². The summed E-state index contributed by atoms with van der Waals surface area (Å²) in [5.41, 5.74) is 0.143. The third-order valence-electron chi connectivity index (χ3n) is 4.05. The molecule has 0 radical (unpaired) electrons. The van der Waals surface area contributed by atoms with Crippen molar-refractivity contribution < 1.29 is 9.90 Å². The molecular weight excluding hydrogens is 254 g/mol. The summed E-state index contributed by atoms with van der Waals surface area (Å²) in [7, 11) is 0. The van der Waals surface area contributed by atoms with Crippen molar-refractivity contribution in [1.82, 2.24) is 4.98 Å². The third kappa shape index (κ3) is 2.74. The van der Waals surface area contributed by atoms with Crippen molar-refractivity contribution in [1.29, 1.82) is 5.26 Å². The van der Waals surface area contributed by atoms with Crippen molar-refractivity contribution in [2.75, 3.05) is 5.32 Å². The number of carbonyl (C=O) groups is 1. The van der Waals surface area contributed by atoms with Gasteiger partial charge in [-0.05, 0) is 50.7 Å². The summed E-state index contributed by atoms with van der Waals surface area (Å²) in [6.45, 7) is 3.96. The van der Waals surface area contributed by atoms with Crippen LogP contribution in [0.3, 0.4) is 0 Å². The summed E-state index contributed by atoms with van der Waals surface area (Å²) in [4.78, 5) is 16.0. The van der Waals surface area contributed by atoms with Gasteiger partial charge in [0.15, 0.2) is 0 Å². The zero-order valence-corrected chi connectivity index (χ0v) is 11.8. The molecule has 5 heteroatoms. The number of aromatic nitrogens is 1. The van der Waals surface area contributed by atoms with Gasteiger partial charge in [0.2, 0.25) is 0 Å². The second-order valence-electron chi connectivity index (χ2n) is 5.66. The summed E-state index contributed by atoms with van der Waals surface area (Å²) in [5.74, 6) is 0.0613. The van der Waals surface area contributed by atoms with Gasteiger partial charge in [0.05, 0.1) is 5.56 Å². The Bertz CT molecular complexity index is 555. The average molecular weight is 273 g/mol. The van der Waals surface area contributed by atoms with Crippen molar-refractivity contribution in [3.05, 3.63) is 23.4 Å². The number of anilines is 1. The summed E-state index contributed by atoms with van der Waals surface area (Å²) < 4.78 is 0. The smallest absolute Gasteiger partial charge is 0.329 e. The van der Waals surface area contributed by atoms with Crippen LogP contribution in [0, 0.1) is 24.2 Å². The van der Waals surface area contributed by atoms with Gasteiger partial charge >= 0.3 is 5.97 Å². The van der Waals surface area contributed by atoms with Crippen molar-refractivity contribution in [2.45, 2.75) is 45.1 Å². The van der Waals surface area contributed by atoms with Crippen molar-refractivity contribution in [3.8, 4) is 6.07 Å².